The van der Waals surface area contributed by atoms with Crippen molar-refractivity contribution in [3.05, 3.63) is 29.3 Å². The molecule has 0 aromatic heterocycles. The average molecular weight is 297 g/mol. The van der Waals surface area contributed by atoms with Crippen LogP contribution >= 0.6 is 0 Å². The maximum absolute atomic E-state index is 14.2. The Labute approximate surface area is 125 Å². The standard InChI is InChI=1S/C16H25F2N3/c1-20(2)11-12-4-7-21(8-5-12)16-14(17)9-13(3-6-19)10-15(16)18/h9-10,12H,3-8,11,19H2,1-2H3. The zero-order valence-corrected chi connectivity index (χ0v) is 12.9. The van der Waals surface area contributed by atoms with E-state index in [1.165, 1.54) is 12.1 Å². The molecule has 0 spiro atoms. The highest BCUT2D eigenvalue weighted by molar-refractivity contribution is 5.51. The number of halogens is 2. The molecule has 1 heterocycles. The summed E-state index contributed by atoms with van der Waals surface area (Å²) in [6.45, 7) is 2.85. The molecule has 0 aliphatic carbocycles. The molecule has 0 unspecified atom stereocenters. The number of nitrogens with two attached hydrogens (primary N) is 1. The molecule has 1 aliphatic heterocycles. The summed E-state index contributed by atoms with van der Waals surface area (Å²) in [4.78, 5) is 4.01. The van der Waals surface area contributed by atoms with Crippen molar-refractivity contribution in [2.24, 2.45) is 11.7 Å². The van der Waals surface area contributed by atoms with E-state index in [2.05, 4.69) is 19.0 Å². The van der Waals surface area contributed by atoms with E-state index in [1.807, 2.05) is 4.90 Å². The number of benzene rings is 1. The Bertz CT molecular complexity index is 446. The fourth-order valence-electron chi connectivity index (χ4n) is 3.09. The van der Waals surface area contributed by atoms with Gasteiger partial charge in [0.2, 0.25) is 0 Å². The summed E-state index contributed by atoms with van der Waals surface area (Å²) in [7, 11) is 4.11. The van der Waals surface area contributed by atoms with Crippen LogP contribution in [0.4, 0.5) is 14.5 Å². The van der Waals surface area contributed by atoms with Gasteiger partial charge in [0.25, 0.3) is 0 Å². The molecule has 1 saturated heterocycles. The second-order valence-corrected chi connectivity index (χ2v) is 6.14. The van der Waals surface area contributed by atoms with Crippen LogP contribution in [-0.2, 0) is 6.42 Å². The molecule has 0 bridgehead atoms. The Morgan fingerprint density at radius 1 is 1.19 bits per heavy atom. The minimum atomic E-state index is -0.468. The molecule has 0 atom stereocenters. The van der Waals surface area contributed by atoms with Gasteiger partial charge in [-0.3, -0.25) is 0 Å². The van der Waals surface area contributed by atoms with E-state index in [4.69, 9.17) is 5.73 Å². The highest BCUT2D eigenvalue weighted by Crippen LogP contribution is 2.29. The molecule has 0 amide bonds. The Morgan fingerprint density at radius 2 is 1.76 bits per heavy atom. The van der Waals surface area contributed by atoms with E-state index in [1.54, 1.807) is 0 Å². The third-order valence-corrected chi connectivity index (χ3v) is 4.06. The predicted molar refractivity (Wildman–Crippen MR) is 82.6 cm³/mol. The van der Waals surface area contributed by atoms with Gasteiger partial charge in [0, 0.05) is 19.6 Å². The van der Waals surface area contributed by atoms with Crippen molar-refractivity contribution in [3.63, 3.8) is 0 Å². The maximum Gasteiger partial charge on any atom is 0.149 e. The molecular formula is C16H25F2N3. The Morgan fingerprint density at radius 3 is 2.24 bits per heavy atom. The first-order chi connectivity index (χ1) is 10.0. The van der Waals surface area contributed by atoms with Gasteiger partial charge in [0.05, 0.1) is 0 Å². The van der Waals surface area contributed by atoms with Gasteiger partial charge in [0.1, 0.15) is 17.3 Å². The first-order valence-electron chi connectivity index (χ1n) is 7.59. The normalized spacial score (nSPS) is 16.8. The van der Waals surface area contributed by atoms with Gasteiger partial charge in [0.15, 0.2) is 0 Å². The molecule has 3 nitrogen and oxygen atoms in total. The molecule has 0 saturated carbocycles. The molecule has 1 aromatic rings. The summed E-state index contributed by atoms with van der Waals surface area (Å²) >= 11 is 0. The van der Waals surface area contributed by atoms with Crippen molar-refractivity contribution >= 4 is 5.69 Å². The average Bonchev–Trinajstić information content (AvgIpc) is 2.39. The lowest BCUT2D eigenvalue weighted by molar-refractivity contribution is 0.284. The van der Waals surface area contributed by atoms with Crippen LogP contribution in [-0.4, -0.2) is 45.2 Å². The molecule has 2 N–H and O–H groups in total. The van der Waals surface area contributed by atoms with Crippen LogP contribution in [0.2, 0.25) is 0 Å². The van der Waals surface area contributed by atoms with Gasteiger partial charge in [-0.1, -0.05) is 0 Å². The van der Waals surface area contributed by atoms with Crippen LogP contribution in [0.15, 0.2) is 12.1 Å². The lowest BCUT2D eigenvalue weighted by atomic mass is 9.95. The fourth-order valence-corrected chi connectivity index (χ4v) is 3.09. The van der Waals surface area contributed by atoms with E-state index in [0.29, 0.717) is 37.5 Å². The van der Waals surface area contributed by atoms with E-state index in [0.717, 1.165) is 19.4 Å². The lowest BCUT2D eigenvalue weighted by Crippen LogP contribution is -2.38. The largest absolute Gasteiger partial charge is 0.367 e. The van der Waals surface area contributed by atoms with E-state index >= 15 is 0 Å². The van der Waals surface area contributed by atoms with Crippen LogP contribution in [0, 0.1) is 17.6 Å². The van der Waals surface area contributed by atoms with Gasteiger partial charge < -0.3 is 15.5 Å². The minimum Gasteiger partial charge on any atom is -0.367 e. The predicted octanol–water partition coefficient (Wildman–Crippen LogP) is 2.24. The minimum absolute atomic E-state index is 0.124. The molecule has 21 heavy (non-hydrogen) atoms. The van der Waals surface area contributed by atoms with E-state index < -0.39 is 11.6 Å². The Hall–Kier alpha value is -1.20. The molecule has 2 rings (SSSR count). The molecule has 1 fully saturated rings. The maximum atomic E-state index is 14.2. The number of hydrogen-bond donors (Lipinski definition) is 1. The van der Waals surface area contributed by atoms with Crippen molar-refractivity contribution in [1.29, 1.82) is 0 Å². The summed E-state index contributed by atoms with van der Waals surface area (Å²) in [6.07, 6.45) is 2.45. The molecule has 0 radical (unpaired) electrons. The first kappa shape index (κ1) is 16.2. The van der Waals surface area contributed by atoms with Gasteiger partial charge in [-0.15, -0.1) is 0 Å². The van der Waals surface area contributed by atoms with Crippen molar-refractivity contribution in [1.82, 2.24) is 4.90 Å². The summed E-state index contributed by atoms with van der Waals surface area (Å²) in [6, 6.07) is 2.83. The zero-order valence-electron chi connectivity index (χ0n) is 12.9. The SMILES string of the molecule is CN(C)CC1CCN(c2c(F)cc(CCN)cc2F)CC1. The third-order valence-electron chi connectivity index (χ3n) is 4.06. The van der Waals surface area contributed by atoms with Gasteiger partial charge >= 0.3 is 0 Å². The molecule has 1 aromatic carbocycles. The monoisotopic (exact) mass is 297 g/mol. The van der Waals surface area contributed by atoms with Gasteiger partial charge in [-0.05, 0) is 63.5 Å². The summed E-state index contributed by atoms with van der Waals surface area (Å²) < 4.78 is 28.4. The molecule has 5 heteroatoms. The second-order valence-electron chi connectivity index (χ2n) is 6.14. The van der Waals surface area contributed by atoms with Crippen molar-refractivity contribution in [2.75, 3.05) is 45.2 Å². The summed E-state index contributed by atoms with van der Waals surface area (Å²) in [5, 5.41) is 0. The van der Waals surface area contributed by atoms with Gasteiger partial charge in [-0.2, -0.15) is 0 Å². The summed E-state index contributed by atoms with van der Waals surface area (Å²) in [5.74, 6) is -0.326. The number of nitrogens with zero attached hydrogens (tertiary/aromatic N) is 2. The quantitative estimate of drug-likeness (QED) is 0.905. The summed E-state index contributed by atoms with van der Waals surface area (Å²) in [5.41, 5.74) is 6.19. The lowest BCUT2D eigenvalue weighted by Gasteiger charge is -2.35. The van der Waals surface area contributed by atoms with Crippen LogP contribution in [0.3, 0.4) is 0 Å². The number of hydrogen-bond acceptors (Lipinski definition) is 3. The highest BCUT2D eigenvalue weighted by Gasteiger charge is 2.24. The topological polar surface area (TPSA) is 32.5 Å². The van der Waals surface area contributed by atoms with Crippen LogP contribution in [0.25, 0.3) is 0 Å². The zero-order chi connectivity index (χ0) is 15.4. The number of rotatable bonds is 5. The van der Waals surface area contributed by atoms with E-state index in [9.17, 15) is 8.78 Å². The van der Waals surface area contributed by atoms with Crippen molar-refractivity contribution in [2.45, 2.75) is 19.3 Å². The van der Waals surface area contributed by atoms with E-state index in [-0.39, 0.29) is 5.69 Å². The molecule has 118 valence electrons. The molecule has 1 aliphatic rings. The molecular weight excluding hydrogens is 272 g/mol. The first-order valence-corrected chi connectivity index (χ1v) is 7.59. The Kier molecular flexibility index (Phi) is 5.53. The van der Waals surface area contributed by atoms with Crippen LogP contribution in [0.1, 0.15) is 18.4 Å². The highest BCUT2D eigenvalue weighted by atomic mass is 19.1. The van der Waals surface area contributed by atoms with Crippen molar-refractivity contribution in [3.8, 4) is 0 Å². The fraction of sp³-hybridized carbons (Fsp3) is 0.625. The second kappa shape index (κ2) is 7.18. The Balaban J connectivity index is 2.06. The van der Waals surface area contributed by atoms with Crippen molar-refractivity contribution < 1.29 is 8.78 Å². The van der Waals surface area contributed by atoms with Gasteiger partial charge in [-0.25, -0.2) is 8.78 Å². The smallest absolute Gasteiger partial charge is 0.149 e. The number of piperidine rings is 1. The third kappa shape index (κ3) is 4.14. The number of anilines is 1. The van der Waals surface area contributed by atoms with Crippen LogP contribution in [0.5, 0.6) is 0 Å². The van der Waals surface area contributed by atoms with Crippen LogP contribution < -0.4 is 10.6 Å².